The second kappa shape index (κ2) is 5.05. The third-order valence-corrected chi connectivity index (χ3v) is 2.91. The monoisotopic (exact) mass is 271 g/mol. The third-order valence-electron chi connectivity index (χ3n) is 2.91. The van der Waals surface area contributed by atoms with Gasteiger partial charge < -0.3 is 10.0 Å². The summed E-state index contributed by atoms with van der Waals surface area (Å²) in [5.74, 6) is 0. The molecule has 2 N–H and O–H groups in total. The molecule has 0 fully saturated rings. The molecule has 0 aliphatic heterocycles. The molecule has 2 rings (SSSR count). The van der Waals surface area contributed by atoms with E-state index in [4.69, 9.17) is 5.11 Å². The standard InChI is InChI=1S/C13H13F3N2O/c1-18(6-7-19)11-8-12(13(14,15)16)17-10-5-3-2-4-9(10)11/h2-5,8,19H,6-7H2,1H3/p+1. The first-order valence-corrected chi connectivity index (χ1v) is 5.77. The number of hydrogen-bond donors (Lipinski definition) is 1. The van der Waals surface area contributed by atoms with Gasteiger partial charge in [0.1, 0.15) is 0 Å². The van der Waals surface area contributed by atoms with E-state index in [0.29, 0.717) is 16.6 Å². The number of aliphatic hydroxyl groups is 1. The van der Waals surface area contributed by atoms with Crippen molar-refractivity contribution in [2.24, 2.45) is 0 Å². The second-order valence-corrected chi connectivity index (χ2v) is 4.26. The molecular weight excluding hydrogens is 257 g/mol. The van der Waals surface area contributed by atoms with E-state index in [2.05, 4.69) is 4.98 Å². The molecule has 1 aromatic heterocycles. The Bertz CT molecular complexity index is 584. The van der Waals surface area contributed by atoms with Crippen LogP contribution < -0.4 is 9.88 Å². The number of hydrogen-bond acceptors (Lipinski definition) is 2. The molecule has 0 radical (unpaired) electrons. The topological polar surface area (TPSA) is 37.6 Å². The van der Waals surface area contributed by atoms with Crippen LogP contribution in [0.4, 0.5) is 18.9 Å². The Labute approximate surface area is 108 Å². The summed E-state index contributed by atoms with van der Waals surface area (Å²) in [5.41, 5.74) is 0.0545. The number of aromatic amines is 1. The van der Waals surface area contributed by atoms with Crippen molar-refractivity contribution in [2.45, 2.75) is 6.18 Å². The van der Waals surface area contributed by atoms with Gasteiger partial charge in [-0.25, -0.2) is 4.98 Å². The summed E-state index contributed by atoms with van der Waals surface area (Å²) in [6.45, 7) is 0.149. The fraction of sp³-hybridized carbons (Fsp3) is 0.308. The van der Waals surface area contributed by atoms with Crippen molar-refractivity contribution in [3.63, 3.8) is 0 Å². The number of rotatable bonds is 3. The molecule has 0 atom stereocenters. The Balaban J connectivity index is 2.65. The van der Waals surface area contributed by atoms with Crippen molar-refractivity contribution >= 4 is 16.6 Å². The van der Waals surface area contributed by atoms with Crippen molar-refractivity contribution in [1.82, 2.24) is 0 Å². The van der Waals surface area contributed by atoms with Gasteiger partial charge in [0.15, 0.2) is 0 Å². The number of likely N-dealkylation sites (N-methyl/N-ethyl adjacent to an activating group) is 1. The van der Waals surface area contributed by atoms with Crippen molar-refractivity contribution in [1.29, 1.82) is 0 Å². The summed E-state index contributed by atoms with van der Waals surface area (Å²) >= 11 is 0. The highest BCUT2D eigenvalue weighted by molar-refractivity contribution is 5.89. The van der Waals surface area contributed by atoms with Crippen LogP contribution in [0.5, 0.6) is 0 Å². The van der Waals surface area contributed by atoms with Gasteiger partial charge in [0, 0.05) is 25.7 Å². The van der Waals surface area contributed by atoms with Gasteiger partial charge in [0.05, 0.1) is 17.7 Å². The summed E-state index contributed by atoms with van der Waals surface area (Å²) < 4.78 is 38.5. The van der Waals surface area contributed by atoms with E-state index < -0.39 is 11.9 Å². The molecule has 6 heteroatoms. The van der Waals surface area contributed by atoms with Crippen molar-refractivity contribution in [2.75, 3.05) is 25.1 Å². The Kier molecular flexibility index (Phi) is 3.61. The molecule has 1 aromatic carbocycles. The van der Waals surface area contributed by atoms with Crippen LogP contribution in [0.15, 0.2) is 30.3 Å². The number of anilines is 1. The van der Waals surface area contributed by atoms with Crippen LogP contribution >= 0.6 is 0 Å². The van der Waals surface area contributed by atoms with Crippen LogP contribution in [0.3, 0.4) is 0 Å². The maximum absolute atomic E-state index is 12.8. The number of fused-ring (bicyclic) bond motifs is 1. The fourth-order valence-electron chi connectivity index (χ4n) is 1.95. The van der Waals surface area contributed by atoms with Crippen LogP contribution in [0.2, 0.25) is 0 Å². The maximum Gasteiger partial charge on any atom is 0.477 e. The first-order valence-electron chi connectivity index (χ1n) is 5.77. The molecule has 0 bridgehead atoms. The number of H-pyrrole nitrogens is 1. The van der Waals surface area contributed by atoms with Crippen LogP contribution in [-0.4, -0.2) is 25.3 Å². The number of benzene rings is 1. The highest BCUT2D eigenvalue weighted by Gasteiger charge is 2.39. The molecule has 0 saturated heterocycles. The lowest BCUT2D eigenvalue weighted by Gasteiger charge is -2.19. The van der Waals surface area contributed by atoms with Crippen LogP contribution in [0.25, 0.3) is 10.9 Å². The third kappa shape index (κ3) is 2.78. The van der Waals surface area contributed by atoms with Gasteiger partial charge in [0.25, 0.3) is 5.69 Å². The zero-order valence-electron chi connectivity index (χ0n) is 10.3. The number of pyridine rings is 1. The van der Waals surface area contributed by atoms with E-state index in [0.717, 1.165) is 6.07 Å². The predicted molar refractivity (Wildman–Crippen MR) is 65.9 cm³/mol. The number of aliphatic hydroxyl groups excluding tert-OH is 1. The average molecular weight is 271 g/mol. The fourth-order valence-corrected chi connectivity index (χ4v) is 1.95. The molecule has 2 aromatic rings. The Morgan fingerprint density at radius 2 is 1.95 bits per heavy atom. The lowest BCUT2D eigenvalue weighted by atomic mass is 10.1. The average Bonchev–Trinajstić information content (AvgIpc) is 2.36. The van der Waals surface area contributed by atoms with E-state index in [1.54, 1.807) is 36.2 Å². The van der Waals surface area contributed by atoms with E-state index in [-0.39, 0.29) is 13.2 Å². The van der Waals surface area contributed by atoms with Crippen LogP contribution in [0, 0.1) is 0 Å². The van der Waals surface area contributed by atoms with Crippen LogP contribution in [0.1, 0.15) is 5.69 Å². The first kappa shape index (κ1) is 13.6. The highest BCUT2D eigenvalue weighted by atomic mass is 19.4. The minimum atomic E-state index is -4.43. The van der Waals surface area contributed by atoms with Gasteiger partial charge in [-0.2, -0.15) is 13.2 Å². The maximum atomic E-state index is 12.8. The van der Waals surface area contributed by atoms with Gasteiger partial charge >= 0.3 is 6.18 Å². The minimum Gasteiger partial charge on any atom is -0.395 e. The molecule has 1 heterocycles. The number of alkyl halides is 3. The number of nitrogens with zero attached hydrogens (tertiary/aromatic N) is 1. The van der Waals surface area contributed by atoms with Crippen molar-refractivity contribution < 1.29 is 23.3 Å². The summed E-state index contributed by atoms with van der Waals surface area (Å²) in [4.78, 5) is 3.99. The quantitative estimate of drug-likeness (QED) is 0.928. The Hall–Kier alpha value is -1.82. The molecular formula is C13H14F3N2O+. The lowest BCUT2D eigenvalue weighted by molar-refractivity contribution is -0.398. The van der Waals surface area contributed by atoms with Gasteiger partial charge in [-0.05, 0) is 6.07 Å². The van der Waals surface area contributed by atoms with Gasteiger partial charge in [0.2, 0.25) is 5.52 Å². The predicted octanol–water partition coefficient (Wildman–Crippen LogP) is 2.10. The van der Waals surface area contributed by atoms with E-state index in [1.807, 2.05) is 0 Å². The molecule has 0 amide bonds. The van der Waals surface area contributed by atoms with Gasteiger partial charge in [-0.3, -0.25) is 0 Å². The lowest BCUT2D eigenvalue weighted by Crippen LogP contribution is -2.26. The first-order chi connectivity index (χ1) is 8.93. The van der Waals surface area contributed by atoms with Crippen molar-refractivity contribution in [3.05, 3.63) is 36.0 Å². The zero-order chi connectivity index (χ0) is 14.0. The normalized spacial score (nSPS) is 11.8. The number of para-hydroxylation sites is 1. The molecule has 19 heavy (non-hydrogen) atoms. The van der Waals surface area contributed by atoms with Gasteiger partial charge in [-0.15, -0.1) is 0 Å². The Morgan fingerprint density at radius 3 is 2.58 bits per heavy atom. The van der Waals surface area contributed by atoms with E-state index >= 15 is 0 Å². The SMILES string of the molecule is CN(CCO)c1cc(C(F)(F)F)[nH+]c2ccccc12. The molecule has 0 aliphatic rings. The van der Waals surface area contributed by atoms with E-state index in [1.165, 1.54) is 0 Å². The second-order valence-electron chi connectivity index (χ2n) is 4.26. The molecule has 102 valence electrons. The number of aromatic nitrogens is 1. The zero-order valence-corrected chi connectivity index (χ0v) is 10.3. The van der Waals surface area contributed by atoms with Gasteiger partial charge in [-0.1, -0.05) is 12.1 Å². The number of nitrogens with one attached hydrogen (secondary N) is 1. The smallest absolute Gasteiger partial charge is 0.395 e. The summed E-state index contributed by atoms with van der Waals surface area (Å²) in [5, 5.41) is 9.61. The summed E-state index contributed by atoms with van der Waals surface area (Å²) in [7, 11) is 1.65. The minimum absolute atomic E-state index is 0.120. The van der Waals surface area contributed by atoms with Crippen molar-refractivity contribution in [3.8, 4) is 0 Å². The molecule has 0 aliphatic carbocycles. The summed E-state index contributed by atoms with van der Waals surface area (Å²) in [6, 6.07) is 7.85. The number of halogens is 3. The Morgan fingerprint density at radius 1 is 1.26 bits per heavy atom. The highest BCUT2D eigenvalue weighted by Crippen LogP contribution is 2.31. The van der Waals surface area contributed by atoms with Crippen LogP contribution in [-0.2, 0) is 6.18 Å². The van der Waals surface area contributed by atoms with E-state index in [9.17, 15) is 13.2 Å². The molecule has 0 spiro atoms. The molecule has 0 unspecified atom stereocenters. The summed E-state index contributed by atoms with van der Waals surface area (Å²) in [6.07, 6.45) is -4.43. The molecule has 3 nitrogen and oxygen atoms in total. The largest absolute Gasteiger partial charge is 0.477 e. The molecule has 0 saturated carbocycles.